The van der Waals surface area contributed by atoms with Gasteiger partial charge < -0.3 is 4.57 Å². The van der Waals surface area contributed by atoms with Crippen molar-refractivity contribution in [3.8, 4) is 0 Å². The Labute approximate surface area is 134 Å². The number of aromatic nitrogens is 2. The van der Waals surface area contributed by atoms with E-state index in [1.165, 1.54) is 0 Å². The highest BCUT2D eigenvalue weighted by molar-refractivity contribution is 9.10. The summed E-state index contributed by atoms with van der Waals surface area (Å²) in [7, 11) is 0. The molecule has 21 heavy (non-hydrogen) atoms. The lowest BCUT2D eigenvalue weighted by Crippen LogP contribution is -2.42. The second-order valence-corrected chi connectivity index (χ2v) is 6.23. The van der Waals surface area contributed by atoms with Crippen LogP contribution in [0.25, 0.3) is 11.0 Å². The highest BCUT2D eigenvalue weighted by Gasteiger charge is 2.30. The first kappa shape index (κ1) is 14.5. The lowest BCUT2D eigenvalue weighted by Gasteiger charge is -2.24. The van der Waals surface area contributed by atoms with E-state index in [-0.39, 0.29) is 11.8 Å². The van der Waals surface area contributed by atoms with Crippen molar-refractivity contribution >= 4 is 50.4 Å². The Bertz CT molecular complexity index is 728. The topological polar surface area (TPSA) is 64.0 Å². The van der Waals surface area contributed by atoms with Crippen LogP contribution in [0.1, 0.15) is 24.7 Å². The molecule has 1 aliphatic rings. The predicted octanol–water partition coefficient (Wildman–Crippen LogP) is 2.56. The Morgan fingerprint density at radius 1 is 1.43 bits per heavy atom. The quantitative estimate of drug-likeness (QED) is 0.667. The zero-order valence-corrected chi connectivity index (χ0v) is 13.4. The molecule has 1 saturated heterocycles. The number of imidazole rings is 1. The molecular weight excluding hydrogens is 358 g/mol. The van der Waals surface area contributed by atoms with Crippen LogP contribution in [-0.4, -0.2) is 27.2 Å². The standard InChI is InChI=1S/C14H13BrClN3O2/c15-8-1-2-10-9(7-8)17-12(5-6-16)19(10)11-3-4-13(20)18-14(11)21/h1-2,7,11H,3-6H2,(H,18,20,21). The van der Waals surface area contributed by atoms with Gasteiger partial charge in [0.05, 0.1) is 11.0 Å². The summed E-state index contributed by atoms with van der Waals surface area (Å²) < 4.78 is 2.84. The molecule has 0 radical (unpaired) electrons. The van der Waals surface area contributed by atoms with Gasteiger partial charge in [0, 0.05) is 23.2 Å². The van der Waals surface area contributed by atoms with Gasteiger partial charge in [0.1, 0.15) is 11.9 Å². The van der Waals surface area contributed by atoms with Gasteiger partial charge in [0.15, 0.2) is 0 Å². The summed E-state index contributed by atoms with van der Waals surface area (Å²) in [6, 6.07) is 5.34. The number of nitrogens with zero attached hydrogens (tertiary/aromatic N) is 2. The van der Waals surface area contributed by atoms with E-state index in [0.717, 1.165) is 21.3 Å². The average molecular weight is 371 g/mol. The van der Waals surface area contributed by atoms with E-state index in [0.29, 0.717) is 25.1 Å². The van der Waals surface area contributed by atoms with Crippen molar-refractivity contribution < 1.29 is 9.59 Å². The zero-order valence-electron chi connectivity index (χ0n) is 11.1. The second-order valence-electron chi connectivity index (χ2n) is 4.94. The van der Waals surface area contributed by atoms with Crippen LogP contribution in [0.15, 0.2) is 22.7 Å². The third-order valence-electron chi connectivity index (χ3n) is 3.56. The van der Waals surface area contributed by atoms with Crippen LogP contribution in [0, 0.1) is 0 Å². The van der Waals surface area contributed by atoms with Crippen LogP contribution in [-0.2, 0) is 16.0 Å². The number of piperidine rings is 1. The van der Waals surface area contributed by atoms with Crippen LogP contribution in [0.4, 0.5) is 0 Å². The van der Waals surface area contributed by atoms with E-state index >= 15 is 0 Å². The van der Waals surface area contributed by atoms with Gasteiger partial charge in [0.25, 0.3) is 0 Å². The summed E-state index contributed by atoms with van der Waals surface area (Å²) >= 11 is 9.27. The molecule has 2 amide bonds. The number of imide groups is 1. The first-order chi connectivity index (χ1) is 10.1. The number of rotatable bonds is 3. The first-order valence-electron chi connectivity index (χ1n) is 6.66. The minimum atomic E-state index is -0.410. The number of benzene rings is 1. The van der Waals surface area contributed by atoms with E-state index < -0.39 is 6.04 Å². The van der Waals surface area contributed by atoms with Gasteiger partial charge in [-0.3, -0.25) is 14.9 Å². The highest BCUT2D eigenvalue weighted by Crippen LogP contribution is 2.28. The number of fused-ring (bicyclic) bond motifs is 1. The normalized spacial score (nSPS) is 19.0. The molecule has 0 spiro atoms. The SMILES string of the molecule is O=C1CCC(n2c(CCCl)nc3cc(Br)ccc32)C(=O)N1. The number of hydrogen-bond acceptors (Lipinski definition) is 3. The number of halogens is 2. The van der Waals surface area contributed by atoms with Gasteiger partial charge in [-0.25, -0.2) is 4.98 Å². The van der Waals surface area contributed by atoms with Crippen molar-refractivity contribution in [1.82, 2.24) is 14.9 Å². The lowest BCUT2D eigenvalue weighted by atomic mass is 10.1. The van der Waals surface area contributed by atoms with Crippen molar-refractivity contribution in [2.75, 3.05) is 5.88 Å². The molecule has 0 saturated carbocycles. The van der Waals surface area contributed by atoms with Crippen molar-refractivity contribution in [3.63, 3.8) is 0 Å². The molecule has 5 nitrogen and oxygen atoms in total. The van der Waals surface area contributed by atoms with Crippen molar-refractivity contribution in [2.24, 2.45) is 0 Å². The molecule has 3 rings (SSSR count). The Morgan fingerprint density at radius 2 is 2.24 bits per heavy atom. The van der Waals surface area contributed by atoms with Crippen molar-refractivity contribution in [1.29, 1.82) is 0 Å². The molecule has 0 aliphatic carbocycles. The maximum absolute atomic E-state index is 12.1. The van der Waals surface area contributed by atoms with Gasteiger partial charge in [-0.15, -0.1) is 11.6 Å². The smallest absolute Gasteiger partial charge is 0.249 e. The van der Waals surface area contributed by atoms with Crippen molar-refractivity contribution in [2.45, 2.75) is 25.3 Å². The molecule has 2 heterocycles. The third kappa shape index (κ3) is 2.70. The van der Waals surface area contributed by atoms with Gasteiger partial charge in [0.2, 0.25) is 11.8 Å². The summed E-state index contributed by atoms with van der Waals surface area (Å²) in [4.78, 5) is 28.0. The molecular formula is C14H13BrClN3O2. The first-order valence-corrected chi connectivity index (χ1v) is 7.99. The van der Waals surface area contributed by atoms with Gasteiger partial charge >= 0.3 is 0 Å². The fourth-order valence-corrected chi connectivity index (χ4v) is 3.18. The number of nitrogens with one attached hydrogen (secondary N) is 1. The van der Waals surface area contributed by atoms with Crippen molar-refractivity contribution in [3.05, 3.63) is 28.5 Å². The molecule has 2 aromatic rings. The monoisotopic (exact) mass is 369 g/mol. The van der Waals surface area contributed by atoms with Crippen LogP contribution in [0.2, 0.25) is 0 Å². The molecule has 1 aromatic carbocycles. The number of alkyl halides is 1. The van der Waals surface area contributed by atoms with E-state index in [2.05, 4.69) is 26.2 Å². The number of hydrogen-bond donors (Lipinski definition) is 1. The fraction of sp³-hybridized carbons (Fsp3) is 0.357. The molecule has 1 unspecified atom stereocenters. The Balaban J connectivity index is 2.12. The Kier molecular flexibility index (Phi) is 3.99. The molecule has 7 heteroatoms. The van der Waals surface area contributed by atoms with Gasteiger partial charge in [-0.2, -0.15) is 0 Å². The lowest BCUT2D eigenvalue weighted by molar-refractivity contribution is -0.135. The Hall–Kier alpha value is -1.40. The second kappa shape index (κ2) is 5.77. The third-order valence-corrected chi connectivity index (χ3v) is 4.25. The number of carbonyl (C=O) groups excluding carboxylic acids is 2. The van der Waals surface area contributed by atoms with E-state index in [1.54, 1.807) is 0 Å². The number of aryl methyl sites for hydroxylation is 1. The average Bonchev–Trinajstić information content (AvgIpc) is 2.76. The predicted molar refractivity (Wildman–Crippen MR) is 83.3 cm³/mol. The summed E-state index contributed by atoms with van der Waals surface area (Å²) in [5.41, 5.74) is 1.70. The summed E-state index contributed by atoms with van der Waals surface area (Å²) in [6.07, 6.45) is 1.40. The molecule has 1 atom stereocenters. The molecule has 1 N–H and O–H groups in total. The van der Waals surface area contributed by atoms with Gasteiger partial charge in [-0.1, -0.05) is 15.9 Å². The van der Waals surface area contributed by atoms with E-state index in [4.69, 9.17) is 11.6 Å². The minimum Gasteiger partial charge on any atom is -0.315 e. The highest BCUT2D eigenvalue weighted by atomic mass is 79.9. The van der Waals surface area contributed by atoms with Crippen LogP contribution >= 0.6 is 27.5 Å². The molecule has 1 aromatic heterocycles. The van der Waals surface area contributed by atoms with Gasteiger partial charge in [-0.05, 0) is 24.6 Å². The van der Waals surface area contributed by atoms with Crippen LogP contribution in [0.3, 0.4) is 0 Å². The summed E-state index contributed by atoms with van der Waals surface area (Å²) in [5, 5.41) is 2.39. The number of amides is 2. The largest absolute Gasteiger partial charge is 0.315 e. The summed E-state index contributed by atoms with van der Waals surface area (Å²) in [6.45, 7) is 0. The molecule has 110 valence electrons. The molecule has 1 aliphatic heterocycles. The van der Waals surface area contributed by atoms with E-state index in [9.17, 15) is 9.59 Å². The zero-order chi connectivity index (χ0) is 15.0. The van der Waals surface area contributed by atoms with Crippen LogP contribution in [0.5, 0.6) is 0 Å². The van der Waals surface area contributed by atoms with E-state index in [1.807, 2.05) is 22.8 Å². The fourth-order valence-electron chi connectivity index (χ4n) is 2.66. The molecule has 1 fully saturated rings. The Morgan fingerprint density at radius 3 is 2.95 bits per heavy atom. The summed E-state index contributed by atoms with van der Waals surface area (Å²) in [5.74, 6) is 0.705. The maximum Gasteiger partial charge on any atom is 0.249 e. The maximum atomic E-state index is 12.1. The molecule has 0 bridgehead atoms. The van der Waals surface area contributed by atoms with Crippen LogP contribution < -0.4 is 5.32 Å². The number of carbonyl (C=O) groups is 2. The minimum absolute atomic E-state index is 0.220.